The minimum Gasteiger partial charge on any atom is -0.434 e. The molecule has 5 nitrogen and oxygen atoms in total. The number of nitrogens with zero attached hydrogens (tertiary/aromatic N) is 2. The Morgan fingerprint density at radius 3 is 2.57 bits per heavy atom. The molecule has 152 valence electrons. The first-order chi connectivity index (χ1) is 14.6. The molecule has 2 aromatic carbocycles. The molecule has 0 aliphatic heterocycles. The van der Waals surface area contributed by atoms with Gasteiger partial charge in [0.2, 0.25) is 5.91 Å². The van der Waals surface area contributed by atoms with Crippen molar-refractivity contribution < 1.29 is 18.3 Å². The maximum absolute atomic E-state index is 12.6. The van der Waals surface area contributed by atoms with Crippen molar-refractivity contribution in [2.45, 2.75) is 13.0 Å². The predicted molar refractivity (Wildman–Crippen MR) is 114 cm³/mol. The molecule has 0 radical (unpaired) electrons. The number of thiazole rings is 2. The molecule has 4 aromatic rings. The van der Waals surface area contributed by atoms with Crippen molar-refractivity contribution in [1.82, 2.24) is 9.97 Å². The third-order valence-electron chi connectivity index (χ3n) is 4.04. The van der Waals surface area contributed by atoms with Crippen LogP contribution in [0.4, 0.5) is 13.9 Å². The molecule has 9 heteroatoms. The number of carbonyl (C=O) groups excluding carboxylic acids is 1. The number of carbonyl (C=O) groups is 1. The molecule has 1 N–H and O–H groups in total. The highest BCUT2D eigenvalue weighted by molar-refractivity contribution is 7.14. The average molecular weight is 444 g/mol. The number of halogens is 2. The highest BCUT2D eigenvalue weighted by atomic mass is 32.1. The molecule has 4 rings (SSSR count). The fourth-order valence-corrected chi connectivity index (χ4v) is 4.31. The Bertz CT molecular complexity index is 1150. The topological polar surface area (TPSA) is 64.1 Å². The van der Waals surface area contributed by atoms with Gasteiger partial charge < -0.3 is 10.1 Å². The molecule has 0 aliphatic rings. The smallest absolute Gasteiger partial charge is 0.387 e. The lowest BCUT2D eigenvalue weighted by atomic mass is 10.1. The Kier molecular flexibility index (Phi) is 6.10. The summed E-state index contributed by atoms with van der Waals surface area (Å²) in [6.45, 7) is -2.93. The fourth-order valence-electron chi connectivity index (χ4n) is 2.76. The number of hydrogen-bond acceptors (Lipinski definition) is 6. The van der Waals surface area contributed by atoms with Crippen LogP contribution in [-0.4, -0.2) is 22.5 Å². The van der Waals surface area contributed by atoms with E-state index in [-0.39, 0.29) is 18.1 Å². The molecule has 0 bridgehead atoms. The molecule has 0 fully saturated rings. The quantitative estimate of drug-likeness (QED) is 0.397. The highest BCUT2D eigenvalue weighted by Crippen LogP contribution is 2.33. The van der Waals surface area contributed by atoms with Gasteiger partial charge in [-0.05, 0) is 12.1 Å². The minimum atomic E-state index is -2.93. The van der Waals surface area contributed by atoms with Crippen molar-refractivity contribution >= 4 is 33.7 Å². The van der Waals surface area contributed by atoms with E-state index in [1.54, 1.807) is 23.6 Å². The Hall–Kier alpha value is -3.17. The Labute approximate surface area is 179 Å². The number of alkyl halides is 2. The van der Waals surface area contributed by atoms with Gasteiger partial charge in [-0.25, -0.2) is 9.97 Å². The number of ether oxygens (including phenoxy) is 1. The van der Waals surface area contributed by atoms with Crippen LogP contribution < -0.4 is 10.1 Å². The van der Waals surface area contributed by atoms with Crippen molar-refractivity contribution in [3.05, 3.63) is 71.1 Å². The molecular formula is C21H15F2N3O2S2. The summed E-state index contributed by atoms with van der Waals surface area (Å²) in [7, 11) is 0. The van der Waals surface area contributed by atoms with Gasteiger partial charge >= 0.3 is 6.61 Å². The summed E-state index contributed by atoms with van der Waals surface area (Å²) < 4.78 is 29.8. The second kappa shape index (κ2) is 9.10. The first-order valence-electron chi connectivity index (χ1n) is 8.88. The van der Waals surface area contributed by atoms with Crippen LogP contribution in [0, 0.1) is 0 Å². The lowest BCUT2D eigenvalue weighted by Crippen LogP contribution is -2.14. The average Bonchev–Trinajstić information content (AvgIpc) is 3.38. The van der Waals surface area contributed by atoms with E-state index in [4.69, 9.17) is 0 Å². The first-order valence-corrected chi connectivity index (χ1v) is 10.6. The molecule has 2 heterocycles. The van der Waals surface area contributed by atoms with E-state index in [0.29, 0.717) is 22.1 Å². The largest absolute Gasteiger partial charge is 0.434 e. The summed E-state index contributed by atoms with van der Waals surface area (Å²) in [5.74, 6) is -0.218. The Morgan fingerprint density at radius 2 is 1.77 bits per heavy atom. The molecule has 0 saturated carbocycles. The van der Waals surface area contributed by atoms with Crippen LogP contribution in [-0.2, 0) is 11.2 Å². The van der Waals surface area contributed by atoms with Crippen LogP contribution >= 0.6 is 22.7 Å². The lowest BCUT2D eigenvalue weighted by molar-refractivity contribution is -0.115. The van der Waals surface area contributed by atoms with Gasteiger partial charge in [-0.3, -0.25) is 4.79 Å². The number of nitrogens with one attached hydrogen (secondary N) is 1. The molecule has 2 aromatic heterocycles. The Balaban J connectivity index is 1.42. The van der Waals surface area contributed by atoms with Gasteiger partial charge in [-0.2, -0.15) is 8.78 Å². The van der Waals surface area contributed by atoms with Gasteiger partial charge in [0, 0.05) is 21.9 Å². The maximum atomic E-state index is 12.6. The third-order valence-corrected chi connectivity index (χ3v) is 5.74. The summed E-state index contributed by atoms with van der Waals surface area (Å²) in [4.78, 5) is 21.2. The van der Waals surface area contributed by atoms with E-state index in [2.05, 4.69) is 20.0 Å². The number of para-hydroxylation sites is 1. The highest BCUT2D eigenvalue weighted by Gasteiger charge is 2.15. The number of anilines is 1. The first kappa shape index (κ1) is 20.1. The second-order valence-corrected chi connectivity index (χ2v) is 7.86. The van der Waals surface area contributed by atoms with Gasteiger partial charge in [0.15, 0.2) is 5.13 Å². The number of amides is 1. The van der Waals surface area contributed by atoms with Crippen LogP contribution in [0.3, 0.4) is 0 Å². The lowest BCUT2D eigenvalue weighted by Gasteiger charge is -2.08. The fraction of sp³-hybridized carbons (Fsp3) is 0.0952. The van der Waals surface area contributed by atoms with Gasteiger partial charge in [-0.15, -0.1) is 22.7 Å². The van der Waals surface area contributed by atoms with E-state index in [1.165, 1.54) is 28.7 Å². The van der Waals surface area contributed by atoms with E-state index in [9.17, 15) is 13.6 Å². The number of benzene rings is 2. The number of aromatic nitrogens is 2. The SMILES string of the molecule is O=C(Cc1csc(-c2ccccc2)n1)Nc1nc(-c2ccccc2OC(F)F)cs1. The molecule has 0 unspecified atom stereocenters. The predicted octanol–water partition coefficient (Wildman–Crippen LogP) is 5.72. The molecule has 0 saturated heterocycles. The van der Waals surface area contributed by atoms with E-state index >= 15 is 0 Å². The van der Waals surface area contributed by atoms with Crippen LogP contribution in [0.1, 0.15) is 5.69 Å². The van der Waals surface area contributed by atoms with Crippen molar-refractivity contribution in [2.24, 2.45) is 0 Å². The van der Waals surface area contributed by atoms with Gasteiger partial charge in [0.1, 0.15) is 10.8 Å². The molecule has 0 atom stereocenters. The minimum absolute atomic E-state index is 0.0339. The van der Waals surface area contributed by atoms with E-state index < -0.39 is 6.61 Å². The van der Waals surface area contributed by atoms with Gasteiger partial charge in [-0.1, -0.05) is 42.5 Å². The summed E-state index contributed by atoms with van der Waals surface area (Å²) in [5.41, 5.74) is 2.56. The van der Waals surface area contributed by atoms with Crippen LogP contribution in [0.15, 0.2) is 65.4 Å². The summed E-state index contributed by atoms with van der Waals surface area (Å²) >= 11 is 2.69. The number of hydrogen-bond donors (Lipinski definition) is 1. The van der Waals surface area contributed by atoms with Crippen molar-refractivity contribution in [3.63, 3.8) is 0 Å². The molecular weight excluding hydrogens is 428 g/mol. The maximum Gasteiger partial charge on any atom is 0.387 e. The van der Waals surface area contributed by atoms with Crippen LogP contribution in [0.5, 0.6) is 5.75 Å². The molecule has 1 amide bonds. The summed E-state index contributed by atoms with van der Waals surface area (Å²) in [6, 6.07) is 16.1. The van der Waals surface area contributed by atoms with Crippen molar-refractivity contribution in [1.29, 1.82) is 0 Å². The van der Waals surface area contributed by atoms with E-state index in [1.807, 2.05) is 35.7 Å². The normalized spacial score (nSPS) is 10.9. The zero-order valence-corrected chi connectivity index (χ0v) is 17.1. The molecule has 0 aliphatic carbocycles. The standard InChI is InChI=1S/C21H15F2N3O2S2/c22-20(23)28-17-9-5-4-8-15(17)16-12-30-21(25-16)26-18(27)10-14-11-29-19(24-14)13-6-2-1-3-7-13/h1-9,11-12,20H,10H2,(H,25,26,27). The second-order valence-electron chi connectivity index (χ2n) is 6.15. The van der Waals surface area contributed by atoms with Crippen LogP contribution in [0.2, 0.25) is 0 Å². The summed E-state index contributed by atoms with van der Waals surface area (Å²) in [6.07, 6.45) is 0.114. The van der Waals surface area contributed by atoms with Crippen LogP contribution in [0.25, 0.3) is 21.8 Å². The zero-order chi connectivity index (χ0) is 20.9. The van der Waals surface area contributed by atoms with Gasteiger partial charge in [0.25, 0.3) is 0 Å². The van der Waals surface area contributed by atoms with Crippen molar-refractivity contribution in [3.8, 4) is 27.6 Å². The monoisotopic (exact) mass is 443 g/mol. The Morgan fingerprint density at radius 1 is 1.00 bits per heavy atom. The third kappa shape index (κ3) is 4.87. The molecule has 0 spiro atoms. The number of rotatable bonds is 7. The van der Waals surface area contributed by atoms with Gasteiger partial charge in [0.05, 0.1) is 17.8 Å². The van der Waals surface area contributed by atoms with E-state index in [0.717, 1.165) is 10.6 Å². The van der Waals surface area contributed by atoms with Crippen molar-refractivity contribution in [2.75, 3.05) is 5.32 Å². The molecule has 30 heavy (non-hydrogen) atoms. The summed E-state index contributed by atoms with van der Waals surface area (Å²) in [5, 5.41) is 7.50. The zero-order valence-electron chi connectivity index (χ0n) is 15.4.